The Morgan fingerprint density at radius 3 is 2.69 bits per heavy atom. The number of nitrogens with zero attached hydrogens (tertiary/aromatic N) is 4. The SMILES string of the molecule is C=CCN1CCc2c(c(CN(CC3CC3)C(=O)OCc3ccccc3)nn2-c2ccccc2OC)C1. The average Bonchev–Trinajstić information content (AvgIpc) is 3.67. The molecular weight excluding hydrogens is 452 g/mol. The number of para-hydroxylation sites is 2. The maximum atomic E-state index is 13.2. The summed E-state index contributed by atoms with van der Waals surface area (Å²) in [6, 6.07) is 17.8. The van der Waals surface area contributed by atoms with Crippen molar-refractivity contribution < 1.29 is 14.3 Å². The van der Waals surface area contributed by atoms with Crippen molar-refractivity contribution in [2.24, 2.45) is 5.92 Å². The zero-order valence-electron chi connectivity index (χ0n) is 20.9. The van der Waals surface area contributed by atoms with Crippen LogP contribution < -0.4 is 4.74 Å². The lowest BCUT2D eigenvalue weighted by molar-refractivity contribution is 0.0912. The third-order valence-electron chi connectivity index (χ3n) is 6.90. The summed E-state index contributed by atoms with van der Waals surface area (Å²) in [6.07, 6.45) is 4.84. The van der Waals surface area contributed by atoms with Gasteiger partial charge in [0.2, 0.25) is 0 Å². The second-order valence-corrected chi connectivity index (χ2v) is 9.59. The van der Waals surface area contributed by atoms with E-state index in [4.69, 9.17) is 14.6 Å². The predicted molar refractivity (Wildman–Crippen MR) is 139 cm³/mol. The molecule has 1 aliphatic heterocycles. The zero-order valence-corrected chi connectivity index (χ0v) is 20.9. The second kappa shape index (κ2) is 11.0. The van der Waals surface area contributed by atoms with Crippen LogP contribution >= 0.6 is 0 Å². The Morgan fingerprint density at radius 2 is 1.94 bits per heavy atom. The lowest BCUT2D eigenvalue weighted by Gasteiger charge is -2.27. The first-order valence-electron chi connectivity index (χ1n) is 12.7. The van der Waals surface area contributed by atoms with Crippen LogP contribution in [0.5, 0.6) is 5.75 Å². The molecule has 0 unspecified atom stereocenters. The van der Waals surface area contributed by atoms with E-state index in [1.54, 1.807) is 7.11 Å². The molecule has 2 aromatic carbocycles. The van der Waals surface area contributed by atoms with E-state index in [1.165, 1.54) is 11.3 Å². The van der Waals surface area contributed by atoms with Crippen molar-refractivity contribution in [3.63, 3.8) is 0 Å². The molecule has 0 spiro atoms. The van der Waals surface area contributed by atoms with Gasteiger partial charge >= 0.3 is 6.09 Å². The van der Waals surface area contributed by atoms with Crippen molar-refractivity contribution >= 4 is 6.09 Å². The van der Waals surface area contributed by atoms with E-state index in [9.17, 15) is 4.79 Å². The Hall–Kier alpha value is -3.58. The van der Waals surface area contributed by atoms with E-state index in [1.807, 2.05) is 70.3 Å². The van der Waals surface area contributed by atoms with Crippen molar-refractivity contribution in [3.8, 4) is 11.4 Å². The Kier molecular flexibility index (Phi) is 7.37. The number of fused-ring (bicyclic) bond motifs is 1. The van der Waals surface area contributed by atoms with Gasteiger partial charge in [-0.05, 0) is 36.5 Å². The van der Waals surface area contributed by atoms with Gasteiger partial charge in [-0.25, -0.2) is 9.48 Å². The summed E-state index contributed by atoms with van der Waals surface area (Å²) >= 11 is 0. The Morgan fingerprint density at radius 1 is 1.17 bits per heavy atom. The van der Waals surface area contributed by atoms with Crippen molar-refractivity contribution in [2.75, 3.05) is 26.7 Å². The Balaban J connectivity index is 1.44. The molecule has 3 aromatic rings. The van der Waals surface area contributed by atoms with E-state index < -0.39 is 0 Å². The van der Waals surface area contributed by atoms with Crippen LogP contribution in [-0.2, 0) is 30.9 Å². The standard InChI is InChI=1S/C29H34N4O3/c1-3-16-31-17-15-26-24(19-31)25(30-33(26)27-11-7-8-12-28(27)35-2)20-32(18-22-13-14-22)29(34)36-21-23-9-5-4-6-10-23/h3-12,22H,1,13-21H2,2H3. The van der Waals surface area contributed by atoms with Gasteiger partial charge in [-0.15, -0.1) is 6.58 Å². The number of amides is 1. The highest BCUT2D eigenvalue weighted by molar-refractivity contribution is 5.68. The molecule has 2 aliphatic rings. The molecule has 2 heterocycles. The van der Waals surface area contributed by atoms with Crippen LogP contribution in [0.15, 0.2) is 67.3 Å². The monoisotopic (exact) mass is 486 g/mol. The maximum Gasteiger partial charge on any atom is 0.410 e. The number of benzene rings is 2. The van der Waals surface area contributed by atoms with E-state index in [-0.39, 0.29) is 12.7 Å². The molecule has 0 saturated heterocycles. The van der Waals surface area contributed by atoms with E-state index in [0.29, 0.717) is 19.0 Å². The highest BCUT2D eigenvalue weighted by atomic mass is 16.6. The number of methoxy groups -OCH3 is 1. The zero-order chi connectivity index (χ0) is 24.9. The molecule has 1 aromatic heterocycles. The molecule has 0 bridgehead atoms. The van der Waals surface area contributed by atoms with Crippen LogP contribution in [0.2, 0.25) is 0 Å². The van der Waals surface area contributed by atoms with Crippen molar-refractivity contribution in [1.29, 1.82) is 0 Å². The van der Waals surface area contributed by atoms with E-state index >= 15 is 0 Å². The Labute approximate surface area is 212 Å². The lowest BCUT2D eigenvalue weighted by Crippen LogP contribution is -2.34. The summed E-state index contributed by atoms with van der Waals surface area (Å²) < 4.78 is 13.4. The molecule has 0 N–H and O–H groups in total. The first-order chi connectivity index (χ1) is 17.7. The summed E-state index contributed by atoms with van der Waals surface area (Å²) in [5.41, 5.74) is 5.18. The minimum atomic E-state index is -0.287. The molecule has 1 fully saturated rings. The Bertz CT molecular complexity index is 1200. The second-order valence-electron chi connectivity index (χ2n) is 9.59. The highest BCUT2D eigenvalue weighted by Crippen LogP contribution is 2.33. The van der Waals surface area contributed by atoms with Crippen LogP contribution in [0.25, 0.3) is 5.69 Å². The summed E-state index contributed by atoms with van der Waals surface area (Å²) in [4.78, 5) is 17.4. The van der Waals surface area contributed by atoms with Crippen LogP contribution in [0.4, 0.5) is 4.79 Å². The predicted octanol–water partition coefficient (Wildman–Crippen LogP) is 4.97. The first kappa shape index (κ1) is 24.1. The number of carbonyl (C=O) groups is 1. The largest absolute Gasteiger partial charge is 0.494 e. The van der Waals surface area contributed by atoms with Gasteiger partial charge in [-0.2, -0.15) is 5.10 Å². The van der Waals surface area contributed by atoms with Gasteiger partial charge in [0.1, 0.15) is 18.0 Å². The molecule has 36 heavy (non-hydrogen) atoms. The first-order valence-corrected chi connectivity index (χ1v) is 12.7. The normalized spacial score (nSPS) is 15.2. The number of carbonyl (C=O) groups excluding carboxylic acids is 1. The molecule has 1 amide bonds. The highest BCUT2D eigenvalue weighted by Gasteiger charge is 2.31. The van der Waals surface area contributed by atoms with Gasteiger partial charge in [-0.1, -0.05) is 48.5 Å². The van der Waals surface area contributed by atoms with Crippen LogP contribution in [0, 0.1) is 5.92 Å². The van der Waals surface area contributed by atoms with Gasteiger partial charge in [0.05, 0.1) is 25.0 Å². The van der Waals surface area contributed by atoms with Crippen molar-refractivity contribution in [3.05, 3.63) is 89.8 Å². The third kappa shape index (κ3) is 5.46. The fraction of sp³-hybridized carbons (Fsp3) is 0.379. The van der Waals surface area contributed by atoms with Gasteiger partial charge in [-0.3, -0.25) is 4.90 Å². The molecular formula is C29H34N4O3. The maximum absolute atomic E-state index is 13.2. The molecule has 7 nitrogen and oxygen atoms in total. The van der Waals surface area contributed by atoms with Crippen LogP contribution in [0.1, 0.15) is 35.4 Å². The molecule has 7 heteroatoms. The molecule has 1 saturated carbocycles. The fourth-order valence-electron chi connectivity index (χ4n) is 4.82. The van der Waals surface area contributed by atoms with Gasteiger partial charge in [0.15, 0.2) is 0 Å². The smallest absolute Gasteiger partial charge is 0.410 e. The van der Waals surface area contributed by atoms with Gasteiger partial charge in [0, 0.05) is 38.2 Å². The number of ether oxygens (including phenoxy) is 2. The van der Waals surface area contributed by atoms with Crippen LogP contribution in [-0.4, -0.2) is 52.4 Å². The molecule has 0 radical (unpaired) electrons. The summed E-state index contributed by atoms with van der Waals surface area (Å²) in [5.74, 6) is 1.32. The van der Waals surface area contributed by atoms with E-state index in [2.05, 4.69) is 11.5 Å². The summed E-state index contributed by atoms with van der Waals surface area (Å²) in [7, 11) is 1.68. The van der Waals surface area contributed by atoms with E-state index in [0.717, 1.165) is 61.6 Å². The quantitative estimate of drug-likeness (QED) is 0.379. The fourth-order valence-corrected chi connectivity index (χ4v) is 4.82. The van der Waals surface area contributed by atoms with Crippen molar-refractivity contribution in [2.45, 2.75) is 39.0 Å². The molecule has 188 valence electrons. The molecule has 5 rings (SSSR count). The van der Waals surface area contributed by atoms with Crippen LogP contribution in [0.3, 0.4) is 0 Å². The summed E-state index contributed by atoms with van der Waals surface area (Å²) in [5, 5.41) is 5.07. The van der Waals surface area contributed by atoms with Gasteiger partial charge < -0.3 is 14.4 Å². The average molecular weight is 487 g/mol. The number of hydrogen-bond acceptors (Lipinski definition) is 5. The molecule has 0 atom stereocenters. The third-order valence-corrected chi connectivity index (χ3v) is 6.90. The lowest BCUT2D eigenvalue weighted by atomic mass is 10.0. The number of aromatic nitrogens is 2. The number of rotatable bonds is 10. The minimum Gasteiger partial charge on any atom is -0.494 e. The topological polar surface area (TPSA) is 59.8 Å². The minimum absolute atomic E-state index is 0.266. The molecule has 1 aliphatic carbocycles. The van der Waals surface area contributed by atoms with Gasteiger partial charge in [0.25, 0.3) is 0 Å². The van der Waals surface area contributed by atoms with Crippen molar-refractivity contribution in [1.82, 2.24) is 19.6 Å². The summed E-state index contributed by atoms with van der Waals surface area (Å²) in [6.45, 7) is 7.84. The number of hydrogen-bond donors (Lipinski definition) is 0.